The van der Waals surface area contributed by atoms with Crippen molar-refractivity contribution in [2.75, 3.05) is 6.54 Å². The van der Waals surface area contributed by atoms with Crippen molar-refractivity contribution in [2.45, 2.75) is 52.6 Å². The maximum atomic E-state index is 4.79. The molecule has 0 radical (unpaired) electrons. The molecular weight excluding hydrogens is 258 g/mol. The van der Waals surface area contributed by atoms with E-state index < -0.39 is 0 Å². The maximum absolute atomic E-state index is 4.79. The number of benzene rings is 1. The van der Waals surface area contributed by atoms with E-state index in [4.69, 9.17) is 4.98 Å². The number of aromatic nitrogens is 2. The standard InChI is InChI=1S/C18H27N3/c1-3-21-17-11-7-6-10-16(17)20-18(21)13-19-12-15-9-5-4-8-14(15)2/h6-7,10-11,14-15,19H,3-5,8-9,12-13H2,1-2H3. The van der Waals surface area contributed by atoms with Gasteiger partial charge in [-0.15, -0.1) is 0 Å². The quantitative estimate of drug-likeness (QED) is 0.900. The molecule has 3 heteroatoms. The highest BCUT2D eigenvalue weighted by Gasteiger charge is 2.20. The second kappa shape index (κ2) is 6.61. The lowest BCUT2D eigenvalue weighted by molar-refractivity contribution is 0.247. The lowest BCUT2D eigenvalue weighted by Gasteiger charge is -2.28. The van der Waals surface area contributed by atoms with Gasteiger partial charge in [-0.3, -0.25) is 0 Å². The molecule has 0 aliphatic heterocycles. The number of nitrogens with one attached hydrogen (secondary N) is 1. The minimum Gasteiger partial charge on any atom is -0.327 e. The molecule has 1 N–H and O–H groups in total. The molecule has 21 heavy (non-hydrogen) atoms. The van der Waals surface area contributed by atoms with Crippen LogP contribution in [0.25, 0.3) is 11.0 Å². The molecule has 2 unspecified atom stereocenters. The summed E-state index contributed by atoms with van der Waals surface area (Å²) in [6, 6.07) is 8.43. The third-order valence-electron chi connectivity index (χ3n) is 5.03. The van der Waals surface area contributed by atoms with Crippen LogP contribution in [0, 0.1) is 11.8 Å². The molecule has 3 rings (SSSR count). The van der Waals surface area contributed by atoms with Crippen LogP contribution in [0.2, 0.25) is 0 Å². The lowest BCUT2D eigenvalue weighted by atomic mass is 9.80. The van der Waals surface area contributed by atoms with Gasteiger partial charge in [-0.05, 0) is 43.9 Å². The van der Waals surface area contributed by atoms with Crippen LogP contribution in [0.4, 0.5) is 0 Å². The Hall–Kier alpha value is -1.35. The summed E-state index contributed by atoms with van der Waals surface area (Å²) in [6.07, 6.45) is 5.62. The van der Waals surface area contributed by atoms with Crippen LogP contribution in [-0.4, -0.2) is 16.1 Å². The highest BCUT2D eigenvalue weighted by Crippen LogP contribution is 2.28. The first kappa shape index (κ1) is 14.6. The number of para-hydroxylation sites is 2. The normalized spacial score (nSPS) is 22.8. The molecule has 0 spiro atoms. The van der Waals surface area contributed by atoms with Gasteiger partial charge in [0.05, 0.1) is 17.6 Å². The van der Waals surface area contributed by atoms with Crippen LogP contribution in [0.3, 0.4) is 0 Å². The van der Waals surface area contributed by atoms with E-state index in [1.165, 1.54) is 37.0 Å². The van der Waals surface area contributed by atoms with Crippen molar-refractivity contribution in [3.63, 3.8) is 0 Å². The van der Waals surface area contributed by atoms with Crippen LogP contribution < -0.4 is 5.32 Å². The third-order valence-corrected chi connectivity index (χ3v) is 5.03. The summed E-state index contributed by atoms with van der Waals surface area (Å²) < 4.78 is 2.33. The summed E-state index contributed by atoms with van der Waals surface area (Å²) >= 11 is 0. The van der Waals surface area contributed by atoms with Gasteiger partial charge >= 0.3 is 0 Å². The predicted octanol–water partition coefficient (Wildman–Crippen LogP) is 3.97. The highest BCUT2D eigenvalue weighted by atomic mass is 15.1. The highest BCUT2D eigenvalue weighted by molar-refractivity contribution is 5.75. The number of rotatable bonds is 5. The fourth-order valence-electron chi connectivity index (χ4n) is 3.68. The molecule has 1 aliphatic carbocycles. The average Bonchev–Trinajstić information content (AvgIpc) is 2.86. The summed E-state index contributed by atoms with van der Waals surface area (Å²) in [6.45, 7) is 7.60. The van der Waals surface area contributed by atoms with Gasteiger partial charge in [-0.1, -0.05) is 38.3 Å². The Bertz CT molecular complexity index is 587. The summed E-state index contributed by atoms with van der Waals surface area (Å²) in [5, 5.41) is 3.65. The second-order valence-electron chi connectivity index (χ2n) is 6.41. The SMILES string of the molecule is CCn1c(CNCC2CCCCC2C)nc2ccccc21. The van der Waals surface area contributed by atoms with Crippen molar-refractivity contribution in [3.8, 4) is 0 Å². The Balaban J connectivity index is 1.65. The van der Waals surface area contributed by atoms with Gasteiger partial charge in [0.25, 0.3) is 0 Å². The molecule has 1 saturated carbocycles. The summed E-state index contributed by atoms with van der Waals surface area (Å²) in [5.74, 6) is 2.89. The van der Waals surface area contributed by atoms with Crippen molar-refractivity contribution in [1.82, 2.24) is 14.9 Å². The van der Waals surface area contributed by atoms with E-state index in [2.05, 4.69) is 48.0 Å². The van der Waals surface area contributed by atoms with Gasteiger partial charge in [-0.2, -0.15) is 0 Å². The summed E-state index contributed by atoms with van der Waals surface area (Å²) in [4.78, 5) is 4.79. The molecule has 1 aliphatic rings. The molecule has 0 amide bonds. The fraction of sp³-hybridized carbons (Fsp3) is 0.611. The first-order valence-corrected chi connectivity index (χ1v) is 8.44. The number of hydrogen-bond acceptors (Lipinski definition) is 2. The topological polar surface area (TPSA) is 29.9 Å². The zero-order valence-corrected chi connectivity index (χ0v) is 13.3. The smallest absolute Gasteiger partial charge is 0.123 e. The second-order valence-corrected chi connectivity index (χ2v) is 6.41. The zero-order chi connectivity index (χ0) is 14.7. The van der Waals surface area contributed by atoms with Crippen LogP contribution in [0.15, 0.2) is 24.3 Å². The van der Waals surface area contributed by atoms with Gasteiger partial charge in [-0.25, -0.2) is 4.98 Å². The Morgan fingerprint density at radius 1 is 1.24 bits per heavy atom. The van der Waals surface area contributed by atoms with Crippen molar-refractivity contribution in [3.05, 3.63) is 30.1 Å². The van der Waals surface area contributed by atoms with E-state index in [1.807, 2.05) is 0 Å². The first-order valence-electron chi connectivity index (χ1n) is 8.44. The fourth-order valence-corrected chi connectivity index (χ4v) is 3.68. The van der Waals surface area contributed by atoms with Crippen LogP contribution >= 0.6 is 0 Å². The summed E-state index contributed by atoms with van der Waals surface area (Å²) in [7, 11) is 0. The van der Waals surface area contributed by atoms with Gasteiger partial charge in [0.2, 0.25) is 0 Å². The number of nitrogens with zero attached hydrogens (tertiary/aromatic N) is 2. The molecule has 114 valence electrons. The van der Waals surface area contributed by atoms with Crippen LogP contribution in [0.1, 0.15) is 45.4 Å². The van der Waals surface area contributed by atoms with E-state index in [0.717, 1.165) is 37.0 Å². The molecule has 3 nitrogen and oxygen atoms in total. The number of imidazole rings is 1. The van der Waals surface area contributed by atoms with E-state index in [0.29, 0.717) is 0 Å². The van der Waals surface area contributed by atoms with E-state index in [1.54, 1.807) is 0 Å². The van der Waals surface area contributed by atoms with Crippen molar-refractivity contribution in [1.29, 1.82) is 0 Å². The van der Waals surface area contributed by atoms with E-state index >= 15 is 0 Å². The number of aryl methyl sites for hydroxylation is 1. The Labute approximate surface area is 127 Å². The van der Waals surface area contributed by atoms with Crippen molar-refractivity contribution >= 4 is 11.0 Å². The van der Waals surface area contributed by atoms with Crippen molar-refractivity contribution < 1.29 is 0 Å². The molecule has 0 bridgehead atoms. The molecular formula is C18H27N3. The van der Waals surface area contributed by atoms with E-state index in [9.17, 15) is 0 Å². The Morgan fingerprint density at radius 2 is 2.05 bits per heavy atom. The number of fused-ring (bicyclic) bond motifs is 1. The third kappa shape index (κ3) is 3.13. The van der Waals surface area contributed by atoms with Gasteiger partial charge < -0.3 is 9.88 Å². The molecule has 1 heterocycles. The predicted molar refractivity (Wildman–Crippen MR) is 88.2 cm³/mol. The Kier molecular flexibility index (Phi) is 4.59. The van der Waals surface area contributed by atoms with Crippen molar-refractivity contribution in [2.24, 2.45) is 11.8 Å². The molecule has 0 saturated heterocycles. The average molecular weight is 285 g/mol. The van der Waals surface area contributed by atoms with Crippen LogP contribution in [-0.2, 0) is 13.1 Å². The largest absolute Gasteiger partial charge is 0.327 e. The van der Waals surface area contributed by atoms with Gasteiger partial charge in [0, 0.05) is 6.54 Å². The molecule has 1 aromatic carbocycles. The molecule has 1 aromatic heterocycles. The minimum absolute atomic E-state index is 0.846. The molecule has 2 atom stereocenters. The maximum Gasteiger partial charge on any atom is 0.123 e. The van der Waals surface area contributed by atoms with Gasteiger partial charge in [0.1, 0.15) is 5.82 Å². The molecule has 2 aromatic rings. The minimum atomic E-state index is 0.846. The van der Waals surface area contributed by atoms with Gasteiger partial charge in [0.15, 0.2) is 0 Å². The zero-order valence-electron chi connectivity index (χ0n) is 13.3. The summed E-state index contributed by atoms with van der Waals surface area (Å²) in [5.41, 5.74) is 2.37. The van der Waals surface area contributed by atoms with E-state index in [-0.39, 0.29) is 0 Å². The first-order chi connectivity index (χ1) is 10.3. The number of hydrogen-bond donors (Lipinski definition) is 1. The monoisotopic (exact) mass is 285 g/mol. The van der Waals surface area contributed by atoms with Crippen LogP contribution in [0.5, 0.6) is 0 Å². The lowest BCUT2D eigenvalue weighted by Crippen LogP contribution is -2.29. The molecule has 1 fully saturated rings. The Morgan fingerprint density at radius 3 is 2.86 bits per heavy atom.